The van der Waals surface area contributed by atoms with Gasteiger partial charge in [0, 0.05) is 19.3 Å². The number of unbranched alkanes of at least 4 members (excludes halogenated alkanes) is 15. The standard InChI is InChI=1S/C60H96O6/c1-4-7-10-13-16-19-21-23-24-25-26-27-28-29-30-31-32-33-34-35-36-38-39-41-44-47-50-53-59(62)65-56-57(55-64-58(61)52-49-46-43-18-15-12-9-6-3)66-60(63)54-51-48-45-42-40-37-22-20-17-14-11-8-5-2/h7-8,10-11,16-17,19-20,23-24,26-27,29-30,32-33,35-37,40,57H,4-6,9,12-15,18,21-22,25,28,31,34,38-39,41-56H2,1-3H3/b10-7-,11-8-,19-16-,20-17-,24-23-,27-26-,30-29-,33-32-,36-35-,40-37-. The molecule has 6 nitrogen and oxygen atoms in total. The van der Waals surface area contributed by atoms with Gasteiger partial charge in [0.05, 0.1) is 0 Å². The van der Waals surface area contributed by atoms with E-state index in [1.165, 1.54) is 32.1 Å². The zero-order valence-corrected chi connectivity index (χ0v) is 42.4. The van der Waals surface area contributed by atoms with Crippen molar-refractivity contribution in [2.75, 3.05) is 13.2 Å². The Labute approximate surface area is 405 Å². The van der Waals surface area contributed by atoms with E-state index < -0.39 is 6.10 Å². The van der Waals surface area contributed by atoms with Crippen LogP contribution in [0.5, 0.6) is 0 Å². The molecule has 1 atom stereocenters. The van der Waals surface area contributed by atoms with Crippen LogP contribution >= 0.6 is 0 Å². The molecule has 6 heteroatoms. The highest BCUT2D eigenvalue weighted by Gasteiger charge is 2.19. The van der Waals surface area contributed by atoms with E-state index in [0.717, 1.165) is 148 Å². The maximum Gasteiger partial charge on any atom is 0.306 e. The maximum atomic E-state index is 12.7. The molecule has 0 rings (SSSR count). The Morgan fingerprint density at radius 3 is 0.939 bits per heavy atom. The normalized spacial score (nSPS) is 13.1. The van der Waals surface area contributed by atoms with Crippen LogP contribution in [0.2, 0.25) is 0 Å². The average molecular weight is 913 g/mol. The van der Waals surface area contributed by atoms with Gasteiger partial charge in [0.1, 0.15) is 13.2 Å². The Morgan fingerprint density at radius 1 is 0.318 bits per heavy atom. The SMILES string of the molecule is CC/C=C\C/C=C\C/C=C\C/C=C\C/C=C\C/C=C\C/C=C\CCCCCCCC(=O)OCC(COC(=O)CCCCCCCCCC)OC(=O)CCCCC/C=C\C/C=C\C/C=C\CC. The molecule has 0 aliphatic rings. The zero-order valence-electron chi connectivity index (χ0n) is 42.4. The van der Waals surface area contributed by atoms with Gasteiger partial charge >= 0.3 is 17.9 Å². The average Bonchev–Trinajstić information content (AvgIpc) is 3.31. The third-order valence-electron chi connectivity index (χ3n) is 10.7. The number of hydrogen-bond donors (Lipinski definition) is 0. The third-order valence-corrected chi connectivity index (χ3v) is 10.7. The topological polar surface area (TPSA) is 78.9 Å². The van der Waals surface area contributed by atoms with Gasteiger partial charge in [-0.2, -0.15) is 0 Å². The van der Waals surface area contributed by atoms with Crippen LogP contribution in [-0.2, 0) is 28.6 Å². The lowest BCUT2D eigenvalue weighted by Gasteiger charge is -2.18. The van der Waals surface area contributed by atoms with Crippen molar-refractivity contribution in [1.29, 1.82) is 0 Å². The molecule has 66 heavy (non-hydrogen) atoms. The highest BCUT2D eigenvalue weighted by atomic mass is 16.6. The van der Waals surface area contributed by atoms with Gasteiger partial charge in [-0.15, -0.1) is 0 Å². The van der Waals surface area contributed by atoms with Crippen molar-refractivity contribution in [2.24, 2.45) is 0 Å². The van der Waals surface area contributed by atoms with Gasteiger partial charge in [0.25, 0.3) is 0 Å². The van der Waals surface area contributed by atoms with Gasteiger partial charge in [-0.3, -0.25) is 14.4 Å². The smallest absolute Gasteiger partial charge is 0.306 e. The van der Waals surface area contributed by atoms with Crippen molar-refractivity contribution < 1.29 is 28.6 Å². The summed E-state index contributed by atoms with van der Waals surface area (Å²) in [6.07, 6.45) is 73.4. The number of esters is 3. The minimum atomic E-state index is -0.801. The van der Waals surface area contributed by atoms with Crippen LogP contribution in [-0.4, -0.2) is 37.2 Å². The first kappa shape index (κ1) is 61.8. The lowest BCUT2D eigenvalue weighted by Crippen LogP contribution is -2.30. The monoisotopic (exact) mass is 913 g/mol. The van der Waals surface area contributed by atoms with Gasteiger partial charge in [-0.1, -0.05) is 213 Å². The summed E-state index contributed by atoms with van der Waals surface area (Å²) in [6.45, 7) is 6.32. The van der Waals surface area contributed by atoms with Gasteiger partial charge < -0.3 is 14.2 Å². The summed E-state index contributed by atoms with van der Waals surface area (Å²) in [5.41, 5.74) is 0. The molecule has 0 heterocycles. The van der Waals surface area contributed by atoms with Gasteiger partial charge in [-0.25, -0.2) is 0 Å². The number of carbonyl (C=O) groups is 3. The molecule has 0 bridgehead atoms. The first-order valence-corrected chi connectivity index (χ1v) is 26.5. The van der Waals surface area contributed by atoms with E-state index in [0.29, 0.717) is 12.8 Å². The molecular weight excluding hydrogens is 817 g/mol. The largest absolute Gasteiger partial charge is 0.462 e. The Morgan fingerprint density at radius 2 is 0.591 bits per heavy atom. The van der Waals surface area contributed by atoms with Crippen LogP contribution in [0.3, 0.4) is 0 Å². The molecule has 0 aliphatic heterocycles. The number of ether oxygens (including phenoxy) is 3. The van der Waals surface area contributed by atoms with Crippen molar-refractivity contribution in [3.05, 3.63) is 122 Å². The van der Waals surface area contributed by atoms with E-state index in [2.05, 4.69) is 142 Å². The number of rotatable bonds is 46. The van der Waals surface area contributed by atoms with Crippen LogP contribution < -0.4 is 0 Å². The van der Waals surface area contributed by atoms with Crippen molar-refractivity contribution in [3.63, 3.8) is 0 Å². The van der Waals surface area contributed by atoms with Gasteiger partial charge in [0.2, 0.25) is 0 Å². The summed E-state index contributed by atoms with van der Waals surface area (Å²) >= 11 is 0. The fourth-order valence-corrected chi connectivity index (χ4v) is 6.79. The first-order chi connectivity index (χ1) is 32.5. The lowest BCUT2D eigenvalue weighted by molar-refractivity contribution is -0.167. The van der Waals surface area contributed by atoms with Crippen LogP contribution in [0.25, 0.3) is 0 Å². The molecule has 0 saturated heterocycles. The molecule has 372 valence electrons. The molecule has 0 radical (unpaired) electrons. The predicted octanol–water partition coefficient (Wildman–Crippen LogP) is 17.7. The molecule has 0 aromatic carbocycles. The minimum Gasteiger partial charge on any atom is -0.462 e. The summed E-state index contributed by atoms with van der Waals surface area (Å²) in [4.78, 5) is 37.8. The molecule has 0 saturated carbocycles. The molecule has 0 aromatic heterocycles. The molecule has 0 fully saturated rings. The van der Waals surface area contributed by atoms with Crippen molar-refractivity contribution in [1.82, 2.24) is 0 Å². The quantitative estimate of drug-likeness (QED) is 0.0262. The third kappa shape index (κ3) is 50.8. The summed E-state index contributed by atoms with van der Waals surface area (Å²) in [6, 6.07) is 0. The first-order valence-electron chi connectivity index (χ1n) is 26.5. The summed E-state index contributed by atoms with van der Waals surface area (Å²) in [5, 5.41) is 0. The minimum absolute atomic E-state index is 0.0984. The summed E-state index contributed by atoms with van der Waals surface area (Å²) < 4.78 is 16.7. The molecule has 0 amide bonds. The molecule has 0 N–H and O–H groups in total. The Balaban J connectivity index is 4.30. The Bertz CT molecular complexity index is 1420. The van der Waals surface area contributed by atoms with Gasteiger partial charge in [-0.05, 0) is 109 Å². The molecular formula is C60H96O6. The van der Waals surface area contributed by atoms with E-state index in [1.54, 1.807) is 0 Å². The van der Waals surface area contributed by atoms with E-state index >= 15 is 0 Å². The second-order valence-electron chi connectivity index (χ2n) is 17.0. The van der Waals surface area contributed by atoms with Gasteiger partial charge in [0.15, 0.2) is 6.10 Å². The fraction of sp³-hybridized carbons (Fsp3) is 0.617. The van der Waals surface area contributed by atoms with E-state index in [-0.39, 0.29) is 37.5 Å². The van der Waals surface area contributed by atoms with Crippen LogP contribution in [0.4, 0.5) is 0 Å². The van der Waals surface area contributed by atoms with E-state index in [4.69, 9.17) is 14.2 Å². The summed E-state index contributed by atoms with van der Waals surface area (Å²) in [5.74, 6) is -0.961. The van der Waals surface area contributed by atoms with Crippen LogP contribution in [0, 0.1) is 0 Å². The molecule has 1 unspecified atom stereocenters. The number of hydrogen-bond acceptors (Lipinski definition) is 6. The Hall–Kier alpha value is -4.19. The van der Waals surface area contributed by atoms with Crippen molar-refractivity contribution in [2.45, 2.75) is 226 Å². The van der Waals surface area contributed by atoms with Crippen molar-refractivity contribution >= 4 is 17.9 Å². The maximum absolute atomic E-state index is 12.7. The lowest BCUT2D eigenvalue weighted by atomic mass is 10.1. The van der Waals surface area contributed by atoms with E-state index in [9.17, 15) is 14.4 Å². The van der Waals surface area contributed by atoms with Crippen LogP contribution in [0.1, 0.15) is 220 Å². The molecule has 0 spiro atoms. The second-order valence-corrected chi connectivity index (χ2v) is 17.0. The second kappa shape index (κ2) is 53.4. The number of allylic oxidation sites excluding steroid dienone is 20. The fourth-order valence-electron chi connectivity index (χ4n) is 6.79. The summed E-state index contributed by atoms with van der Waals surface area (Å²) in [7, 11) is 0. The molecule has 0 aromatic rings. The van der Waals surface area contributed by atoms with Crippen LogP contribution in [0.15, 0.2) is 122 Å². The highest BCUT2D eigenvalue weighted by Crippen LogP contribution is 2.13. The van der Waals surface area contributed by atoms with Crippen molar-refractivity contribution in [3.8, 4) is 0 Å². The predicted molar refractivity (Wildman–Crippen MR) is 283 cm³/mol. The zero-order chi connectivity index (χ0) is 47.9. The number of carbonyl (C=O) groups excluding carboxylic acids is 3. The molecule has 0 aliphatic carbocycles. The Kier molecular flexibility index (Phi) is 50.0. The highest BCUT2D eigenvalue weighted by molar-refractivity contribution is 5.71. The van der Waals surface area contributed by atoms with E-state index in [1.807, 2.05) is 0 Å².